The van der Waals surface area contributed by atoms with E-state index in [0.717, 1.165) is 10.6 Å². The Morgan fingerprint density at radius 3 is 2.83 bits per heavy atom. The first-order chi connectivity index (χ1) is 8.56. The number of aromatic carboxylic acids is 1. The monoisotopic (exact) mass is 280 g/mol. The SMILES string of the molecule is Cc1ccnc(Sc2ccc(Cl)c(C(=O)O)c2)n1. The lowest BCUT2D eigenvalue weighted by Gasteiger charge is -2.03. The smallest absolute Gasteiger partial charge is 0.337 e. The van der Waals surface area contributed by atoms with Crippen LogP contribution < -0.4 is 0 Å². The summed E-state index contributed by atoms with van der Waals surface area (Å²) in [5.41, 5.74) is 0.939. The number of aromatic nitrogens is 2. The number of carboxylic acids is 1. The number of halogens is 1. The predicted octanol–water partition coefficient (Wildman–Crippen LogP) is 3.29. The highest BCUT2D eigenvalue weighted by molar-refractivity contribution is 7.99. The van der Waals surface area contributed by atoms with Crippen LogP contribution in [0.3, 0.4) is 0 Å². The number of aryl methyl sites for hydroxylation is 1. The van der Waals surface area contributed by atoms with Crippen molar-refractivity contribution in [1.29, 1.82) is 0 Å². The van der Waals surface area contributed by atoms with Crippen LogP contribution >= 0.6 is 23.4 Å². The number of benzene rings is 1. The molecule has 1 heterocycles. The molecule has 18 heavy (non-hydrogen) atoms. The molecule has 0 aliphatic carbocycles. The van der Waals surface area contributed by atoms with Gasteiger partial charge in [0.2, 0.25) is 0 Å². The quantitative estimate of drug-likeness (QED) is 0.874. The number of nitrogens with zero attached hydrogens (tertiary/aromatic N) is 2. The third kappa shape index (κ3) is 3.00. The molecule has 0 aliphatic heterocycles. The standard InChI is InChI=1S/C12H9ClN2O2S/c1-7-4-5-14-12(15-7)18-8-2-3-10(13)9(6-8)11(16)17/h2-6H,1H3,(H,16,17). The van der Waals surface area contributed by atoms with Crippen molar-refractivity contribution >= 4 is 29.3 Å². The molecular formula is C12H9ClN2O2S. The highest BCUT2D eigenvalue weighted by Crippen LogP contribution is 2.28. The maximum Gasteiger partial charge on any atom is 0.337 e. The zero-order valence-corrected chi connectivity index (χ0v) is 11.0. The first-order valence-electron chi connectivity index (χ1n) is 5.06. The summed E-state index contributed by atoms with van der Waals surface area (Å²) in [6.07, 6.45) is 1.67. The zero-order valence-electron chi connectivity index (χ0n) is 9.42. The Morgan fingerprint density at radius 1 is 1.39 bits per heavy atom. The van der Waals surface area contributed by atoms with Crippen LogP contribution in [0, 0.1) is 6.92 Å². The predicted molar refractivity (Wildman–Crippen MR) is 69.3 cm³/mol. The van der Waals surface area contributed by atoms with Gasteiger partial charge in [0, 0.05) is 16.8 Å². The van der Waals surface area contributed by atoms with Crippen molar-refractivity contribution in [3.63, 3.8) is 0 Å². The Balaban J connectivity index is 2.30. The average Bonchev–Trinajstić information content (AvgIpc) is 2.31. The minimum Gasteiger partial charge on any atom is -0.478 e. The molecular weight excluding hydrogens is 272 g/mol. The van der Waals surface area contributed by atoms with E-state index in [1.165, 1.54) is 17.8 Å². The van der Waals surface area contributed by atoms with Crippen molar-refractivity contribution in [2.75, 3.05) is 0 Å². The van der Waals surface area contributed by atoms with E-state index in [1.807, 2.05) is 6.92 Å². The molecule has 0 saturated carbocycles. The highest BCUT2D eigenvalue weighted by atomic mass is 35.5. The molecule has 0 fully saturated rings. The first kappa shape index (κ1) is 12.9. The van der Waals surface area contributed by atoms with Crippen molar-refractivity contribution in [2.24, 2.45) is 0 Å². The molecule has 0 spiro atoms. The lowest BCUT2D eigenvalue weighted by molar-refractivity contribution is 0.0697. The van der Waals surface area contributed by atoms with E-state index in [1.54, 1.807) is 24.4 Å². The average molecular weight is 281 g/mol. The van der Waals surface area contributed by atoms with Crippen molar-refractivity contribution in [3.05, 3.63) is 46.7 Å². The van der Waals surface area contributed by atoms with Gasteiger partial charge in [0.05, 0.1) is 10.6 Å². The maximum atomic E-state index is 11.0. The molecule has 4 nitrogen and oxygen atoms in total. The molecule has 92 valence electrons. The third-order valence-corrected chi connectivity index (χ3v) is 3.35. The second-order valence-electron chi connectivity index (χ2n) is 3.53. The fourth-order valence-corrected chi connectivity index (χ4v) is 2.34. The molecule has 6 heteroatoms. The van der Waals surface area contributed by atoms with E-state index in [9.17, 15) is 4.79 Å². The molecule has 2 aromatic rings. The van der Waals surface area contributed by atoms with Crippen molar-refractivity contribution in [3.8, 4) is 0 Å². The Kier molecular flexibility index (Phi) is 3.84. The Bertz CT molecular complexity index is 604. The van der Waals surface area contributed by atoms with Crippen LogP contribution in [0.4, 0.5) is 0 Å². The summed E-state index contributed by atoms with van der Waals surface area (Å²) >= 11 is 7.10. The summed E-state index contributed by atoms with van der Waals surface area (Å²) in [7, 11) is 0. The molecule has 2 rings (SSSR count). The molecule has 0 radical (unpaired) electrons. The number of rotatable bonds is 3. The molecule has 1 aromatic heterocycles. The Morgan fingerprint density at radius 2 is 2.17 bits per heavy atom. The van der Waals surface area contributed by atoms with Gasteiger partial charge in [0.1, 0.15) is 0 Å². The van der Waals surface area contributed by atoms with E-state index in [4.69, 9.17) is 16.7 Å². The van der Waals surface area contributed by atoms with Crippen LogP contribution in [0.2, 0.25) is 5.02 Å². The maximum absolute atomic E-state index is 11.0. The minimum atomic E-state index is -1.05. The molecule has 0 amide bonds. The van der Waals surface area contributed by atoms with Crippen molar-refractivity contribution < 1.29 is 9.90 Å². The number of hydrogen-bond acceptors (Lipinski definition) is 4. The van der Waals surface area contributed by atoms with Crippen molar-refractivity contribution in [2.45, 2.75) is 17.0 Å². The van der Waals surface area contributed by atoms with Crippen LogP contribution in [0.5, 0.6) is 0 Å². The van der Waals surface area contributed by atoms with E-state index in [2.05, 4.69) is 9.97 Å². The van der Waals surface area contributed by atoms with Gasteiger partial charge < -0.3 is 5.11 Å². The normalized spacial score (nSPS) is 10.3. The summed E-state index contributed by atoms with van der Waals surface area (Å²) in [6.45, 7) is 1.87. The lowest BCUT2D eigenvalue weighted by atomic mass is 10.2. The summed E-state index contributed by atoms with van der Waals surface area (Å²) in [4.78, 5) is 20.0. The third-order valence-electron chi connectivity index (χ3n) is 2.15. The van der Waals surface area contributed by atoms with Crippen LogP contribution in [0.1, 0.15) is 16.1 Å². The molecule has 0 bridgehead atoms. The van der Waals surface area contributed by atoms with Crippen molar-refractivity contribution in [1.82, 2.24) is 9.97 Å². The van der Waals surface area contributed by atoms with Gasteiger partial charge in [0.15, 0.2) is 5.16 Å². The van der Waals surface area contributed by atoms with Gasteiger partial charge in [-0.05, 0) is 43.0 Å². The minimum absolute atomic E-state index is 0.0781. The fraction of sp³-hybridized carbons (Fsp3) is 0.0833. The molecule has 0 aliphatic rings. The zero-order chi connectivity index (χ0) is 13.1. The lowest BCUT2D eigenvalue weighted by Crippen LogP contribution is -1.97. The molecule has 0 atom stereocenters. The van der Waals surface area contributed by atoms with E-state index < -0.39 is 5.97 Å². The van der Waals surface area contributed by atoms with E-state index in [-0.39, 0.29) is 10.6 Å². The van der Waals surface area contributed by atoms with Crippen LogP contribution in [-0.4, -0.2) is 21.0 Å². The number of carboxylic acid groups (broad SMARTS) is 1. The second-order valence-corrected chi connectivity index (χ2v) is 4.98. The van der Waals surface area contributed by atoms with Crippen LogP contribution in [0.15, 0.2) is 40.5 Å². The van der Waals surface area contributed by atoms with Gasteiger partial charge in [-0.3, -0.25) is 0 Å². The fourth-order valence-electron chi connectivity index (χ4n) is 1.31. The van der Waals surface area contributed by atoms with Crippen LogP contribution in [0.25, 0.3) is 0 Å². The number of hydrogen-bond donors (Lipinski definition) is 1. The van der Waals surface area contributed by atoms with Gasteiger partial charge in [-0.15, -0.1) is 0 Å². The summed E-state index contributed by atoms with van der Waals surface area (Å²) in [6, 6.07) is 6.61. The molecule has 1 aromatic carbocycles. The molecule has 0 saturated heterocycles. The summed E-state index contributed by atoms with van der Waals surface area (Å²) in [5, 5.41) is 9.77. The van der Waals surface area contributed by atoms with Crippen LogP contribution in [-0.2, 0) is 0 Å². The largest absolute Gasteiger partial charge is 0.478 e. The second kappa shape index (κ2) is 5.37. The topological polar surface area (TPSA) is 63.1 Å². The van der Waals surface area contributed by atoms with Gasteiger partial charge in [0.25, 0.3) is 0 Å². The van der Waals surface area contributed by atoms with Gasteiger partial charge in [-0.2, -0.15) is 0 Å². The van der Waals surface area contributed by atoms with Gasteiger partial charge >= 0.3 is 5.97 Å². The van der Waals surface area contributed by atoms with E-state index in [0.29, 0.717) is 5.16 Å². The molecule has 1 N–H and O–H groups in total. The first-order valence-corrected chi connectivity index (χ1v) is 6.26. The van der Waals surface area contributed by atoms with Gasteiger partial charge in [-0.25, -0.2) is 14.8 Å². The van der Waals surface area contributed by atoms with Gasteiger partial charge in [-0.1, -0.05) is 11.6 Å². The Hall–Kier alpha value is -1.59. The molecule has 0 unspecified atom stereocenters. The summed E-state index contributed by atoms with van der Waals surface area (Å²) < 4.78 is 0. The highest BCUT2D eigenvalue weighted by Gasteiger charge is 2.10. The number of carbonyl (C=O) groups is 1. The Labute approximate surface area is 113 Å². The summed E-state index contributed by atoms with van der Waals surface area (Å²) in [5.74, 6) is -1.05. The van der Waals surface area contributed by atoms with E-state index >= 15 is 0 Å².